The van der Waals surface area contributed by atoms with Gasteiger partial charge >= 0.3 is 5.97 Å². The number of nitrogens with zero attached hydrogens (tertiary/aromatic N) is 1. The van der Waals surface area contributed by atoms with E-state index in [0.29, 0.717) is 28.7 Å². The van der Waals surface area contributed by atoms with E-state index in [0.717, 1.165) is 5.56 Å². The van der Waals surface area contributed by atoms with Crippen molar-refractivity contribution in [1.29, 1.82) is 0 Å². The molecular weight excluding hydrogens is 335 g/mol. The van der Waals surface area contributed by atoms with Crippen molar-refractivity contribution in [3.8, 4) is 0 Å². The average molecular weight is 355 g/mol. The summed E-state index contributed by atoms with van der Waals surface area (Å²) >= 11 is 12.0. The number of carboxylic acids is 1. The summed E-state index contributed by atoms with van der Waals surface area (Å²) in [7, 11) is 0. The van der Waals surface area contributed by atoms with Gasteiger partial charge in [0.05, 0.1) is 5.70 Å². The molecule has 0 amide bonds. The van der Waals surface area contributed by atoms with Crippen LogP contribution in [0, 0.1) is 0 Å². The van der Waals surface area contributed by atoms with Crippen LogP contribution in [0.1, 0.15) is 19.4 Å². The van der Waals surface area contributed by atoms with Gasteiger partial charge in [0.25, 0.3) is 0 Å². The minimum Gasteiger partial charge on any atom is -0.477 e. The van der Waals surface area contributed by atoms with Gasteiger partial charge in [-0.25, -0.2) is 4.79 Å². The first-order chi connectivity index (χ1) is 11.0. The van der Waals surface area contributed by atoms with Gasteiger partial charge in [-0.3, -0.25) is 0 Å². The molecule has 23 heavy (non-hydrogen) atoms. The van der Waals surface area contributed by atoms with Crippen molar-refractivity contribution in [3.63, 3.8) is 0 Å². The molecule has 1 aromatic carbocycles. The van der Waals surface area contributed by atoms with Crippen LogP contribution in [0.15, 0.2) is 54.0 Å². The summed E-state index contributed by atoms with van der Waals surface area (Å²) in [5.41, 5.74) is 6.84. The van der Waals surface area contributed by atoms with Crippen LogP contribution in [0.4, 0.5) is 0 Å². The Morgan fingerprint density at radius 2 is 1.96 bits per heavy atom. The maximum atomic E-state index is 11.0. The Kier molecular flexibility index (Phi) is 7.72. The molecule has 0 saturated heterocycles. The molecule has 0 aromatic heterocycles. The highest BCUT2D eigenvalue weighted by molar-refractivity contribution is 6.35. The first-order valence-corrected chi connectivity index (χ1v) is 8.03. The minimum absolute atomic E-state index is 0.183. The standard InChI is InChI=1S/C15H14Cl2N2O2.C2H6/c16-11-5-4-10(12(17)9-11)6-8-19-7-2-1-3-13(19)14(18)15(20)21;1-2/h1-5,7,9H,6,8,18H2,(H,20,21);1-2H3/b14-13-;. The number of hydrogen-bond donors (Lipinski definition) is 2. The predicted molar refractivity (Wildman–Crippen MR) is 95.3 cm³/mol. The molecule has 0 fully saturated rings. The lowest BCUT2D eigenvalue weighted by Gasteiger charge is -2.24. The molecule has 1 aromatic rings. The van der Waals surface area contributed by atoms with E-state index in [1.54, 1.807) is 35.4 Å². The number of aliphatic carboxylic acids is 1. The Labute approximate surface area is 146 Å². The van der Waals surface area contributed by atoms with Crippen molar-refractivity contribution in [2.24, 2.45) is 5.73 Å². The van der Waals surface area contributed by atoms with Crippen LogP contribution in [0.5, 0.6) is 0 Å². The van der Waals surface area contributed by atoms with Crippen molar-refractivity contribution >= 4 is 29.2 Å². The highest BCUT2D eigenvalue weighted by Gasteiger charge is 2.15. The monoisotopic (exact) mass is 354 g/mol. The molecule has 0 spiro atoms. The van der Waals surface area contributed by atoms with Crippen LogP contribution in [-0.2, 0) is 11.2 Å². The maximum Gasteiger partial charge on any atom is 0.353 e. The Morgan fingerprint density at radius 1 is 1.26 bits per heavy atom. The van der Waals surface area contributed by atoms with Crippen molar-refractivity contribution in [2.75, 3.05) is 6.54 Å². The molecule has 1 heterocycles. The Balaban J connectivity index is 0.00000127. The zero-order chi connectivity index (χ0) is 17.4. The molecule has 6 heteroatoms. The van der Waals surface area contributed by atoms with Gasteiger partial charge in [-0.05, 0) is 36.3 Å². The number of carbonyl (C=O) groups is 1. The lowest BCUT2D eigenvalue weighted by Crippen LogP contribution is -2.26. The predicted octanol–water partition coefficient (Wildman–Crippen LogP) is 4.20. The fourth-order valence-corrected chi connectivity index (χ4v) is 2.49. The summed E-state index contributed by atoms with van der Waals surface area (Å²) in [6.07, 6.45) is 7.67. The number of benzene rings is 1. The minimum atomic E-state index is -1.14. The third kappa shape index (κ3) is 5.34. The lowest BCUT2D eigenvalue weighted by atomic mass is 10.1. The molecule has 3 N–H and O–H groups in total. The van der Waals surface area contributed by atoms with E-state index in [1.165, 1.54) is 0 Å². The Bertz CT molecular complexity index is 652. The smallest absolute Gasteiger partial charge is 0.353 e. The quantitative estimate of drug-likeness (QED) is 0.795. The maximum absolute atomic E-state index is 11.0. The molecule has 2 rings (SSSR count). The molecule has 1 aliphatic heterocycles. The largest absolute Gasteiger partial charge is 0.477 e. The van der Waals surface area contributed by atoms with E-state index in [-0.39, 0.29) is 5.70 Å². The van der Waals surface area contributed by atoms with Crippen LogP contribution in [-0.4, -0.2) is 22.5 Å². The number of allylic oxidation sites excluding steroid dienone is 3. The van der Waals surface area contributed by atoms with E-state index in [2.05, 4.69) is 0 Å². The lowest BCUT2D eigenvalue weighted by molar-refractivity contribution is -0.132. The summed E-state index contributed by atoms with van der Waals surface area (Å²) in [6.45, 7) is 4.56. The zero-order valence-corrected chi connectivity index (χ0v) is 14.6. The third-order valence-electron chi connectivity index (χ3n) is 3.08. The summed E-state index contributed by atoms with van der Waals surface area (Å²) in [5.74, 6) is -1.14. The fraction of sp³-hybridized carbons (Fsp3) is 0.235. The van der Waals surface area contributed by atoms with Crippen molar-refractivity contribution in [1.82, 2.24) is 4.90 Å². The topological polar surface area (TPSA) is 66.6 Å². The molecule has 0 bridgehead atoms. The van der Waals surface area contributed by atoms with Gasteiger partial charge < -0.3 is 15.7 Å². The SMILES string of the molecule is CC.N/C(C(=O)O)=C1/C=CC=CN1CCc1ccc(Cl)cc1Cl. The second-order valence-electron chi connectivity index (χ2n) is 4.48. The molecule has 4 nitrogen and oxygen atoms in total. The summed E-state index contributed by atoms with van der Waals surface area (Å²) in [4.78, 5) is 12.8. The van der Waals surface area contributed by atoms with Crippen molar-refractivity contribution in [3.05, 3.63) is 69.6 Å². The molecule has 0 saturated carbocycles. The average Bonchev–Trinajstić information content (AvgIpc) is 2.55. The molecule has 0 radical (unpaired) electrons. The van der Waals surface area contributed by atoms with Gasteiger partial charge in [-0.1, -0.05) is 49.2 Å². The van der Waals surface area contributed by atoms with Gasteiger partial charge in [0.15, 0.2) is 0 Å². The van der Waals surface area contributed by atoms with Crippen LogP contribution in [0.2, 0.25) is 10.0 Å². The number of halogens is 2. The first-order valence-electron chi connectivity index (χ1n) is 7.27. The summed E-state index contributed by atoms with van der Waals surface area (Å²) in [5, 5.41) is 10.2. The highest BCUT2D eigenvalue weighted by Crippen LogP contribution is 2.23. The van der Waals surface area contributed by atoms with Gasteiger partial charge in [0.2, 0.25) is 0 Å². The molecular formula is C17H20Cl2N2O2. The van der Waals surface area contributed by atoms with Crippen molar-refractivity contribution < 1.29 is 9.90 Å². The normalized spacial score (nSPS) is 15.0. The van der Waals surface area contributed by atoms with Gasteiger partial charge in [0, 0.05) is 22.8 Å². The zero-order valence-electron chi connectivity index (χ0n) is 13.1. The van der Waals surface area contributed by atoms with E-state index < -0.39 is 5.97 Å². The van der Waals surface area contributed by atoms with Crippen molar-refractivity contribution in [2.45, 2.75) is 20.3 Å². The van der Waals surface area contributed by atoms with E-state index >= 15 is 0 Å². The first kappa shape index (κ1) is 19.1. The molecule has 0 unspecified atom stereocenters. The third-order valence-corrected chi connectivity index (χ3v) is 3.67. The number of carboxylic acid groups (broad SMARTS) is 1. The van der Waals surface area contributed by atoms with E-state index in [1.807, 2.05) is 26.0 Å². The second kappa shape index (κ2) is 9.28. The number of hydrogen-bond acceptors (Lipinski definition) is 3. The second-order valence-corrected chi connectivity index (χ2v) is 5.33. The van der Waals surface area contributed by atoms with Crippen LogP contribution < -0.4 is 5.73 Å². The fourth-order valence-electron chi connectivity index (χ4n) is 1.99. The molecule has 124 valence electrons. The van der Waals surface area contributed by atoms with E-state index in [9.17, 15) is 4.79 Å². The highest BCUT2D eigenvalue weighted by atomic mass is 35.5. The number of rotatable bonds is 4. The molecule has 0 atom stereocenters. The van der Waals surface area contributed by atoms with E-state index in [4.69, 9.17) is 34.0 Å². The molecule has 0 aliphatic carbocycles. The van der Waals surface area contributed by atoms with Gasteiger partial charge in [0.1, 0.15) is 5.70 Å². The molecule has 1 aliphatic rings. The van der Waals surface area contributed by atoms with Gasteiger partial charge in [-0.15, -0.1) is 0 Å². The summed E-state index contributed by atoms with van der Waals surface area (Å²) < 4.78 is 0. The Morgan fingerprint density at radius 3 is 2.57 bits per heavy atom. The summed E-state index contributed by atoms with van der Waals surface area (Å²) in [6, 6.07) is 5.32. The van der Waals surface area contributed by atoms with Crippen LogP contribution in [0.25, 0.3) is 0 Å². The number of nitrogens with two attached hydrogens (primary N) is 1. The Hall–Kier alpha value is -1.91. The van der Waals surface area contributed by atoms with Crippen LogP contribution in [0.3, 0.4) is 0 Å². The van der Waals surface area contributed by atoms with Crippen LogP contribution >= 0.6 is 23.2 Å². The van der Waals surface area contributed by atoms with Gasteiger partial charge in [-0.2, -0.15) is 0 Å².